The van der Waals surface area contributed by atoms with E-state index in [2.05, 4.69) is 47.0 Å². The maximum atomic E-state index is 12.5. The highest BCUT2D eigenvalue weighted by Crippen LogP contribution is 2.31. The summed E-state index contributed by atoms with van der Waals surface area (Å²) in [6.45, 7) is 8.03. The summed E-state index contributed by atoms with van der Waals surface area (Å²) >= 11 is 4.85. The van der Waals surface area contributed by atoms with Crippen LogP contribution in [-0.2, 0) is 15.7 Å². The van der Waals surface area contributed by atoms with Gasteiger partial charge < -0.3 is 11.1 Å². The fourth-order valence-corrected chi connectivity index (χ4v) is 2.97. The van der Waals surface area contributed by atoms with Crippen molar-refractivity contribution in [1.82, 2.24) is 4.98 Å². The zero-order valence-corrected chi connectivity index (χ0v) is 15.5. The number of thiazole rings is 1. The van der Waals surface area contributed by atoms with Crippen LogP contribution in [0.2, 0.25) is 0 Å². The smallest absolute Gasteiger partial charge is 0.250 e. The van der Waals surface area contributed by atoms with Crippen molar-refractivity contribution in [2.24, 2.45) is 5.73 Å². The van der Waals surface area contributed by atoms with Crippen LogP contribution in [0.5, 0.6) is 0 Å². The van der Waals surface area contributed by atoms with Crippen LogP contribution in [0.3, 0.4) is 0 Å². The van der Waals surface area contributed by atoms with E-state index >= 15 is 0 Å². The topological polar surface area (TPSA) is 68.0 Å². The number of aromatic nitrogens is 1. The molecule has 1 atom stereocenters. The zero-order valence-electron chi connectivity index (χ0n) is 13.1. The largest absolute Gasteiger partial charge is 0.314 e. The van der Waals surface area contributed by atoms with Gasteiger partial charge in [-0.05, 0) is 30.0 Å². The Morgan fingerprint density at radius 3 is 2.32 bits per heavy atom. The lowest BCUT2D eigenvalue weighted by Gasteiger charge is -2.23. The van der Waals surface area contributed by atoms with Crippen LogP contribution in [0.15, 0.2) is 34.9 Å². The predicted octanol–water partition coefficient (Wildman–Crippen LogP) is 4.02. The van der Waals surface area contributed by atoms with Crippen molar-refractivity contribution in [3.05, 3.63) is 45.4 Å². The molecule has 0 aliphatic carbocycles. The molecule has 2 rings (SSSR count). The number of anilines is 1. The standard InChI is InChI=1S/C16H20BrN3OS/c1-15(2,3)12-9-19-14(22-12)20-13(21)16(4,18)10-5-7-11(17)8-6-10/h5-9H,18H2,1-4H3,(H,19,20,21). The van der Waals surface area contributed by atoms with Gasteiger partial charge in [0.1, 0.15) is 5.54 Å². The number of rotatable bonds is 3. The molecule has 1 aromatic carbocycles. The summed E-state index contributed by atoms with van der Waals surface area (Å²) in [5.41, 5.74) is 5.87. The Morgan fingerprint density at radius 2 is 1.82 bits per heavy atom. The van der Waals surface area contributed by atoms with E-state index in [1.165, 1.54) is 11.3 Å². The lowest BCUT2D eigenvalue weighted by Crippen LogP contribution is -2.45. The predicted molar refractivity (Wildman–Crippen MR) is 95.1 cm³/mol. The number of amides is 1. The van der Waals surface area contributed by atoms with Crippen molar-refractivity contribution in [1.29, 1.82) is 0 Å². The molecule has 118 valence electrons. The summed E-state index contributed by atoms with van der Waals surface area (Å²) < 4.78 is 0.946. The maximum absolute atomic E-state index is 12.5. The van der Waals surface area contributed by atoms with Gasteiger partial charge in [0.2, 0.25) is 0 Å². The van der Waals surface area contributed by atoms with E-state index in [1.807, 2.05) is 24.3 Å². The minimum atomic E-state index is -1.12. The van der Waals surface area contributed by atoms with Crippen molar-refractivity contribution in [2.75, 3.05) is 5.32 Å². The Hall–Kier alpha value is -1.24. The first-order valence-corrected chi connectivity index (χ1v) is 8.54. The quantitative estimate of drug-likeness (QED) is 0.843. The van der Waals surface area contributed by atoms with Gasteiger partial charge in [-0.3, -0.25) is 4.79 Å². The molecule has 1 aromatic heterocycles. The highest BCUT2D eigenvalue weighted by molar-refractivity contribution is 9.10. The monoisotopic (exact) mass is 381 g/mol. The molecule has 0 bridgehead atoms. The fraction of sp³-hybridized carbons (Fsp3) is 0.375. The second-order valence-electron chi connectivity index (χ2n) is 6.44. The second-order valence-corrected chi connectivity index (χ2v) is 8.39. The van der Waals surface area contributed by atoms with Gasteiger partial charge >= 0.3 is 0 Å². The van der Waals surface area contributed by atoms with Crippen LogP contribution in [0.4, 0.5) is 5.13 Å². The summed E-state index contributed by atoms with van der Waals surface area (Å²) in [6, 6.07) is 7.42. The SMILES string of the molecule is CC(C)(C)c1cnc(NC(=O)C(C)(N)c2ccc(Br)cc2)s1. The molecule has 0 radical (unpaired) electrons. The Labute approximate surface area is 143 Å². The molecule has 22 heavy (non-hydrogen) atoms. The van der Waals surface area contributed by atoms with Gasteiger partial charge in [-0.25, -0.2) is 4.98 Å². The van der Waals surface area contributed by atoms with E-state index in [1.54, 1.807) is 13.1 Å². The van der Waals surface area contributed by atoms with Crippen LogP contribution in [-0.4, -0.2) is 10.9 Å². The maximum Gasteiger partial charge on any atom is 0.250 e. The second kappa shape index (κ2) is 6.10. The van der Waals surface area contributed by atoms with Gasteiger partial charge in [0.15, 0.2) is 5.13 Å². The average Bonchev–Trinajstić information content (AvgIpc) is 2.87. The fourth-order valence-electron chi connectivity index (χ4n) is 1.83. The van der Waals surface area contributed by atoms with Crippen molar-refractivity contribution >= 4 is 38.3 Å². The molecule has 0 aliphatic rings. The Morgan fingerprint density at radius 1 is 1.23 bits per heavy atom. The van der Waals surface area contributed by atoms with Crippen LogP contribution >= 0.6 is 27.3 Å². The van der Waals surface area contributed by atoms with Gasteiger partial charge in [-0.15, -0.1) is 11.3 Å². The first kappa shape index (κ1) is 17.1. The summed E-state index contributed by atoms with van der Waals surface area (Å²) in [5, 5.41) is 3.39. The summed E-state index contributed by atoms with van der Waals surface area (Å²) in [4.78, 5) is 17.9. The average molecular weight is 382 g/mol. The molecule has 0 spiro atoms. The number of carbonyl (C=O) groups excluding carboxylic acids is 1. The zero-order chi connectivity index (χ0) is 16.5. The number of benzene rings is 1. The molecule has 1 amide bonds. The number of nitrogens with two attached hydrogens (primary N) is 1. The molecule has 0 aliphatic heterocycles. The number of carbonyl (C=O) groups is 1. The van der Waals surface area contributed by atoms with Crippen LogP contribution in [0, 0.1) is 0 Å². The van der Waals surface area contributed by atoms with E-state index in [-0.39, 0.29) is 11.3 Å². The molecule has 6 heteroatoms. The van der Waals surface area contributed by atoms with Gasteiger partial charge in [0, 0.05) is 15.5 Å². The van der Waals surface area contributed by atoms with Crippen LogP contribution in [0.1, 0.15) is 38.1 Å². The van der Waals surface area contributed by atoms with Crippen molar-refractivity contribution in [2.45, 2.75) is 38.6 Å². The van der Waals surface area contributed by atoms with Crippen molar-refractivity contribution < 1.29 is 4.79 Å². The number of nitrogens with one attached hydrogen (secondary N) is 1. The van der Waals surface area contributed by atoms with E-state index in [0.717, 1.165) is 14.9 Å². The number of halogens is 1. The molecule has 1 unspecified atom stereocenters. The highest BCUT2D eigenvalue weighted by atomic mass is 79.9. The molecule has 0 saturated carbocycles. The Kier molecular flexibility index (Phi) is 4.75. The normalized spacial score (nSPS) is 14.5. The Bertz CT molecular complexity index is 671. The van der Waals surface area contributed by atoms with E-state index in [4.69, 9.17) is 5.73 Å². The van der Waals surface area contributed by atoms with Gasteiger partial charge in [-0.2, -0.15) is 0 Å². The van der Waals surface area contributed by atoms with Gasteiger partial charge in [0.05, 0.1) is 0 Å². The van der Waals surface area contributed by atoms with E-state index in [0.29, 0.717) is 5.13 Å². The molecule has 4 nitrogen and oxygen atoms in total. The lowest BCUT2D eigenvalue weighted by atomic mass is 9.92. The Balaban J connectivity index is 2.17. The molecular weight excluding hydrogens is 362 g/mol. The molecule has 1 heterocycles. The summed E-state index contributed by atoms with van der Waals surface area (Å²) in [7, 11) is 0. The molecule has 0 saturated heterocycles. The third-order valence-corrected chi connectivity index (χ3v) is 5.25. The molecular formula is C16H20BrN3OS. The van der Waals surface area contributed by atoms with Gasteiger partial charge in [0.25, 0.3) is 5.91 Å². The molecule has 3 N–H and O–H groups in total. The number of nitrogens with zero attached hydrogens (tertiary/aromatic N) is 1. The van der Waals surface area contributed by atoms with Gasteiger partial charge in [-0.1, -0.05) is 48.8 Å². The van der Waals surface area contributed by atoms with E-state index < -0.39 is 5.54 Å². The minimum absolute atomic E-state index is 0.0123. The van der Waals surface area contributed by atoms with Crippen molar-refractivity contribution in [3.8, 4) is 0 Å². The highest BCUT2D eigenvalue weighted by Gasteiger charge is 2.31. The first-order valence-electron chi connectivity index (χ1n) is 6.93. The lowest BCUT2D eigenvalue weighted by molar-refractivity contribution is -0.120. The molecule has 2 aromatic rings. The molecule has 0 fully saturated rings. The van der Waals surface area contributed by atoms with Crippen molar-refractivity contribution in [3.63, 3.8) is 0 Å². The first-order chi connectivity index (χ1) is 10.1. The van der Waals surface area contributed by atoms with Crippen LogP contribution in [0.25, 0.3) is 0 Å². The third-order valence-electron chi connectivity index (χ3n) is 3.38. The summed E-state index contributed by atoms with van der Waals surface area (Å²) in [5.74, 6) is -0.273. The van der Waals surface area contributed by atoms with E-state index in [9.17, 15) is 4.79 Å². The minimum Gasteiger partial charge on any atom is -0.314 e. The number of hydrogen-bond donors (Lipinski definition) is 2. The third kappa shape index (κ3) is 3.74. The summed E-state index contributed by atoms with van der Waals surface area (Å²) in [6.07, 6.45) is 1.80. The van der Waals surface area contributed by atoms with Crippen LogP contribution < -0.4 is 11.1 Å². The number of hydrogen-bond acceptors (Lipinski definition) is 4.